The minimum Gasteiger partial charge on any atom is -0.371 e. The van der Waals surface area contributed by atoms with E-state index in [4.69, 9.17) is 0 Å². The molecule has 0 saturated carbocycles. The maximum absolute atomic E-state index is 12.6. The molecule has 3 aliphatic rings. The van der Waals surface area contributed by atoms with E-state index < -0.39 is 0 Å². The molecule has 26 heavy (non-hydrogen) atoms. The fraction of sp³-hybridized carbons (Fsp3) is 0.682. The van der Waals surface area contributed by atoms with E-state index in [1.165, 1.54) is 57.3 Å². The number of benzene rings is 1. The van der Waals surface area contributed by atoms with Crippen molar-refractivity contribution in [3.63, 3.8) is 0 Å². The van der Waals surface area contributed by atoms with Crippen LogP contribution < -0.4 is 10.2 Å². The highest BCUT2D eigenvalue weighted by atomic mass is 16.1. The first kappa shape index (κ1) is 18.0. The van der Waals surface area contributed by atoms with Gasteiger partial charge in [0, 0.05) is 30.4 Å². The molecule has 0 amide bonds. The van der Waals surface area contributed by atoms with Gasteiger partial charge in [-0.25, -0.2) is 0 Å². The molecule has 3 aliphatic heterocycles. The average molecular weight is 356 g/mol. The molecule has 3 fully saturated rings. The smallest absolute Gasteiger partial charge is 0.179 e. The van der Waals surface area contributed by atoms with E-state index in [0.717, 1.165) is 44.1 Å². The van der Waals surface area contributed by atoms with Crippen molar-refractivity contribution in [2.45, 2.75) is 63.5 Å². The van der Waals surface area contributed by atoms with Crippen molar-refractivity contribution >= 4 is 11.5 Å². The Balaban J connectivity index is 1.32. The van der Waals surface area contributed by atoms with Crippen LogP contribution >= 0.6 is 0 Å². The van der Waals surface area contributed by atoms with E-state index in [1.54, 1.807) is 0 Å². The fourth-order valence-corrected chi connectivity index (χ4v) is 4.89. The normalized spacial score (nSPS) is 26.0. The molecule has 1 aromatic rings. The van der Waals surface area contributed by atoms with Gasteiger partial charge in [-0.2, -0.15) is 0 Å². The van der Waals surface area contributed by atoms with Crippen molar-refractivity contribution in [3.05, 3.63) is 29.8 Å². The molecule has 3 heterocycles. The molecular formula is C22H33N3O. The average Bonchev–Trinajstić information content (AvgIpc) is 2.75. The first-order valence-corrected chi connectivity index (χ1v) is 10.7. The molecule has 4 heteroatoms. The van der Waals surface area contributed by atoms with Gasteiger partial charge >= 0.3 is 0 Å². The van der Waals surface area contributed by atoms with Crippen molar-refractivity contribution < 1.29 is 4.79 Å². The van der Waals surface area contributed by atoms with Gasteiger partial charge < -0.3 is 15.1 Å². The van der Waals surface area contributed by atoms with Gasteiger partial charge in [-0.1, -0.05) is 12.8 Å². The van der Waals surface area contributed by atoms with Crippen LogP contribution in [0, 0.1) is 0 Å². The molecule has 3 saturated heterocycles. The predicted octanol–water partition coefficient (Wildman–Crippen LogP) is 3.47. The number of ketones is 1. The Morgan fingerprint density at radius 2 is 1.58 bits per heavy atom. The van der Waals surface area contributed by atoms with Gasteiger partial charge in [-0.3, -0.25) is 4.79 Å². The maximum atomic E-state index is 12.6. The molecule has 1 unspecified atom stereocenters. The third-order valence-electron chi connectivity index (χ3n) is 6.52. The van der Waals surface area contributed by atoms with Crippen molar-refractivity contribution in [3.8, 4) is 0 Å². The zero-order chi connectivity index (χ0) is 17.8. The summed E-state index contributed by atoms with van der Waals surface area (Å²) in [7, 11) is 0. The summed E-state index contributed by atoms with van der Waals surface area (Å²) in [5.41, 5.74) is 2.13. The molecule has 4 rings (SSSR count). The number of nitrogens with zero attached hydrogens (tertiary/aromatic N) is 2. The van der Waals surface area contributed by atoms with Gasteiger partial charge in [0.1, 0.15) is 0 Å². The predicted molar refractivity (Wildman–Crippen MR) is 107 cm³/mol. The summed E-state index contributed by atoms with van der Waals surface area (Å²) in [6.07, 6.45) is 10.0. The van der Waals surface area contributed by atoms with Crippen LogP contribution in [-0.4, -0.2) is 55.5 Å². The van der Waals surface area contributed by atoms with E-state index >= 15 is 0 Å². The van der Waals surface area contributed by atoms with Crippen LogP contribution in [0.15, 0.2) is 24.3 Å². The quantitative estimate of drug-likeness (QED) is 0.839. The number of likely N-dealkylation sites (tertiary alicyclic amines) is 1. The second-order valence-corrected chi connectivity index (χ2v) is 8.23. The Morgan fingerprint density at radius 1 is 0.846 bits per heavy atom. The van der Waals surface area contributed by atoms with Gasteiger partial charge in [0.25, 0.3) is 0 Å². The van der Waals surface area contributed by atoms with E-state index in [0.29, 0.717) is 0 Å². The highest BCUT2D eigenvalue weighted by Crippen LogP contribution is 2.25. The Kier molecular flexibility index (Phi) is 5.91. The summed E-state index contributed by atoms with van der Waals surface area (Å²) in [5, 5.41) is 3.37. The lowest BCUT2D eigenvalue weighted by molar-refractivity contribution is 0.0927. The van der Waals surface area contributed by atoms with Crippen LogP contribution in [0.4, 0.5) is 5.69 Å². The van der Waals surface area contributed by atoms with Crippen LogP contribution in [0.25, 0.3) is 0 Å². The zero-order valence-corrected chi connectivity index (χ0v) is 16.0. The third-order valence-corrected chi connectivity index (χ3v) is 6.52. The third kappa shape index (κ3) is 4.12. The van der Waals surface area contributed by atoms with E-state index in [1.807, 2.05) is 12.1 Å². The molecule has 4 nitrogen and oxygen atoms in total. The number of carbonyl (C=O) groups is 1. The minimum absolute atomic E-state index is 0.0230. The van der Waals surface area contributed by atoms with Crippen molar-refractivity contribution in [1.82, 2.24) is 10.2 Å². The fourth-order valence-electron chi connectivity index (χ4n) is 4.89. The monoisotopic (exact) mass is 355 g/mol. The first-order chi connectivity index (χ1) is 12.8. The Hall–Kier alpha value is -1.39. The lowest BCUT2D eigenvalue weighted by Gasteiger charge is -2.41. The largest absolute Gasteiger partial charge is 0.371 e. The summed E-state index contributed by atoms with van der Waals surface area (Å²) in [6, 6.07) is 9.17. The molecule has 0 aromatic heterocycles. The summed E-state index contributed by atoms with van der Waals surface area (Å²) in [5.74, 6) is 0.264. The summed E-state index contributed by atoms with van der Waals surface area (Å²) in [4.78, 5) is 17.8. The molecule has 1 atom stereocenters. The van der Waals surface area contributed by atoms with Gasteiger partial charge in [0.15, 0.2) is 5.78 Å². The van der Waals surface area contributed by atoms with Crippen LogP contribution in [0.2, 0.25) is 0 Å². The zero-order valence-electron chi connectivity index (χ0n) is 16.0. The molecule has 0 spiro atoms. The second kappa shape index (κ2) is 8.53. The van der Waals surface area contributed by atoms with Crippen LogP contribution in [0.1, 0.15) is 61.7 Å². The van der Waals surface area contributed by atoms with Crippen molar-refractivity contribution in [2.75, 3.05) is 37.6 Å². The maximum Gasteiger partial charge on any atom is 0.179 e. The topological polar surface area (TPSA) is 35.6 Å². The van der Waals surface area contributed by atoms with E-state index in [9.17, 15) is 4.79 Å². The molecule has 1 aromatic carbocycles. The SMILES string of the molecule is O=C(c1ccc(N2CCC(N3CCCCC3)CC2)cc1)C1CCCCN1. The Morgan fingerprint density at radius 3 is 2.23 bits per heavy atom. The number of nitrogens with one attached hydrogen (secondary N) is 1. The summed E-state index contributed by atoms with van der Waals surface area (Å²) >= 11 is 0. The first-order valence-electron chi connectivity index (χ1n) is 10.7. The number of anilines is 1. The molecular weight excluding hydrogens is 322 g/mol. The number of carbonyl (C=O) groups excluding carboxylic acids is 1. The summed E-state index contributed by atoms with van der Waals surface area (Å²) < 4.78 is 0. The second-order valence-electron chi connectivity index (χ2n) is 8.23. The molecule has 142 valence electrons. The van der Waals surface area contributed by atoms with E-state index in [2.05, 4.69) is 27.2 Å². The highest BCUT2D eigenvalue weighted by Gasteiger charge is 2.26. The summed E-state index contributed by atoms with van der Waals surface area (Å²) in [6.45, 7) is 5.85. The van der Waals surface area contributed by atoms with E-state index in [-0.39, 0.29) is 11.8 Å². The van der Waals surface area contributed by atoms with Gasteiger partial charge in [-0.15, -0.1) is 0 Å². The van der Waals surface area contributed by atoms with Crippen LogP contribution in [0.3, 0.4) is 0 Å². The Labute approximate surface area is 157 Å². The number of piperidine rings is 3. The van der Waals surface area contributed by atoms with Crippen LogP contribution in [0.5, 0.6) is 0 Å². The van der Waals surface area contributed by atoms with Crippen molar-refractivity contribution in [2.24, 2.45) is 0 Å². The van der Waals surface area contributed by atoms with Crippen LogP contribution in [-0.2, 0) is 0 Å². The molecule has 0 radical (unpaired) electrons. The highest BCUT2D eigenvalue weighted by molar-refractivity contribution is 6.00. The van der Waals surface area contributed by atoms with Crippen molar-refractivity contribution in [1.29, 1.82) is 0 Å². The lowest BCUT2D eigenvalue weighted by atomic mass is 9.96. The number of hydrogen-bond acceptors (Lipinski definition) is 4. The standard InChI is InChI=1S/C22H33N3O/c26-22(21-6-2-3-13-23-21)18-7-9-19(10-8-18)25-16-11-20(12-17-25)24-14-4-1-5-15-24/h7-10,20-21,23H,1-6,11-17H2. The number of hydrogen-bond donors (Lipinski definition) is 1. The number of Topliss-reactive ketones (excluding diaryl/α,β-unsaturated/α-hetero) is 1. The van der Waals surface area contributed by atoms with Gasteiger partial charge in [0.05, 0.1) is 6.04 Å². The lowest BCUT2D eigenvalue weighted by Crippen LogP contribution is -2.46. The minimum atomic E-state index is 0.0230. The Bertz CT molecular complexity index is 580. The number of rotatable bonds is 4. The van der Waals surface area contributed by atoms with Gasteiger partial charge in [0.2, 0.25) is 0 Å². The molecule has 1 N–H and O–H groups in total. The molecule has 0 aliphatic carbocycles. The molecule has 0 bridgehead atoms. The van der Waals surface area contributed by atoms with Gasteiger partial charge in [-0.05, 0) is 82.4 Å².